The quantitative estimate of drug-likeness (QED) is 0.890. The number of hydrogen-bond acceptors (Lipinski definition) is 2. The summed E-state index contributed by atoms with van der Waals surface area (Å²) in [6.45, 7) is 3.81. The lowest BCUT2D eigenvalue weighted by Gasteiger charge is -2.26. The molecule has 1 aromatic carbocycles. The summed E-state index contributed by atoms with van der Waals surface area (Å²) in [7, 11) is 0. The Labute approximate surface area is 114 Å². The van der Waals surface area contributed by atoms with Gasteiger partial charge < -0.3 is 9.52 Å². The number of rotatable bonds is 3. The first-order chi connectivity index (χ1) is 9.15. The highest BCUT2D eigenvalue weighted by Crippen LogP contribution is 2.37. The zero-order chi connectivity index (χ0) is 13.4. The van der Waals surface area contributed by atoms with Crippen molar-refractivity contribution in [3.8, 4) is 0 Å². The molecule has 100 valence electrons. The Bertz CT molecular complexity index is 579. The maximum Gasteiger partial charge on any atom is 0.107 e. The lowest BCUT2D eigenvalue weighted by Crippen LogP contribution is -2.09. The van der Waals surface area contributed by atoms with Gasteiger partial charge in [0.15, 0.2) is 0 Å². The highest BCUT2D eigenvalue weighted by molar-refractivity contribution is 5.36. The molecule has 3 rings (SSSR count). The van der Waals surface area contributed by atoms with Crippen LogP contribution in [0.4, 0.5) is 0 Å². The molecule has 19 heavy (non-hydrogen) atoms. The molecule has 1 unspecified atom stereocenters. The van der Waals surface area contributed by atoms with Gasteiger partial charge in [-0.15, -0.1) is 0 Å². The zero-order valence-corrected chi connectivity index (χ0v) is 11.5. The highest BCUT2D eigenvalue weighted by Gasteiger charge is 2.21. The second kappa shape index (κ2) is 4.86. The first-order valence-corrected chi connectivity index (χ1v) is 7.00. The van der Waals surface area contributed by atoms with Crippen molar-refractivity contribution in [1.82, 2.24) is 0 Å². The van der Waals surface area contributed by atoms with E-state index in [4.69, 9.17) is 4.42 Å². The molecule has 0 amide bonds. The van der Waals surface area contributed by atoms with E-state index in [1.807, 2.05) is 26.0 Å². The van der Waals surface area contributed by atoms with Gasteiger partial charge in [0.25, 0.3) is 0 Å². The van der Waals surface area contributed by atoms with Gasteiger partial charge in [-0.05, 0) is 49.8 Å². The van der Waals surface area contributed by atoms with E-state index < -0.39 is 6.10 Å². The topological polar surface area (TPSA) is 33.4 Å². The smallest absolute Gasteiger partial charge is 0.107 e. The van der Waals surface area contributed by atoms with Crippen molar-refractivity contribution in [2.75, 3.05) is 0 Å². The van der Waals surface area contributed by atoms with Crippen molar-refractivity contribution in [1.29, 1.82) is 0 Å². The summed E-state index contributed by atoms with van der Waals surface area (Å²) in [4.78, 5) is 0. The summed E-state index contributed by atoms with van der Waals surface area (Å²) in [5.74, 6) is 2.35. The molecule has 2 heteroatoms. The van der Waals surface area contributed by atoms with Crippen molar-refractivity contribution >= 4 is 0 Å². The fourth-order valence-corrected chi connectivity index (χ4v) is 2.83. The molecule has 0 spiro atoms. The molecule has 0 saturated heterocycles. The molecule has 2 nitrogen and oxygen atoms in total. The van der Waals surface area contributed by atoms with E-state index in [2.05, 4.69) is 18.2 Å². The first kappa shape index (κ1) is 12.5. The fraction of sp³-hybridized carbons (Fsp3) is 0.412. The first-order valence-electron chi connectivity index (χ1n) is 7.00. The molecule has 1 fully saturated rings. The summed E-state index contributed by atoms with van der Waals surface area (Å²) in [5.41, 5.74) is 3.21. The van der Waals surface area contributed by atoms with Gasteiger partial charge in [0.2, 0.25) is 0 Å². The molecule has 2 aromatic rings. The third-order valence-corrected chi connectivity index (χ3v) is 4.18. The average molecular weight is 256 g/mol. The number of aryl methyl sites for hydroxylation is 2. The van der Waals surface area contributed by atoms with E-state index in [9.17, 15) is 5.11 Å². The zero-order valence-electron chi connectivity index (χ0n) is 11.5. The molecular weight excluding hydrogens is 236 g/mol. The van der Waals surface area contributed by atoms with Crippen LogP contribution in [0.2, 0.25) is 0 Å². The summed E-state index contributed by atoms with van der Waals surface area (Å²) >= 11 is 0. The van der Waals surface area contributed by atoms with Crippen molar-refractivity contribution in [2.45, 2.75) is 45.1 Å². The minimum absolute atomic E-state index is 0.586. The highest BCUT2D eigenvalue weighted by atomic mass is 16.3. The third kappa shape index (κ3) is 2.33. The third-order valence-electron chi connectivity index (χ3n) is 4.18. The molecule has 1 saturated carbocycles. The van der Waals surface area contributed by atoms with Crippen molar-refractivity contribution < 1.29 is 9.52 Å². The summed E-state index contributed by atoms with van der Waals surface area (Å²) in [6, 6.07) is 10.3. The maximum absolute atomic E-state index is 10.5. The predicted octanol–water partition coefficient (Wildman–Crippen LogP) is 4.25. The van der Waals surface area contributed by atoms with Crippen LogP contribution in [0.25, 0.3) is 0 Å². The van der Waals surface area contributed by atoms with Crippen LogP contribution < -0.4 is 0 Å². The van der Waals surface area contributed by atoms with Gasteiger partial charge in [0.1, 0.15) is 17.6 Å². The Morgan fingerprint density at radius 2 is 2.00 bits per heavy atom. The van der Waals surface area contributed by atoms with Crippen LogP contribution in [-0.2, 0) is 0 Å². The van der Waals surface area contributed by atoms with Gasteiger partial charge in [0, 0.05) is 5.56 Å². The molecule has 1 aliphatic carbocycles. The number of aliphatic hydroxyl groups is 1. The molecule has 0 aliphatic heterocycles. The number of benzene rings is 1. The minimum Gasteiger partial charge on any atom is -0.466 e. The molecule has 1 heterocycles. The molecular formula is C17H20O2. The SMILES string of the molecule is Cc1cc(C(O)c2cccc(C3CCC3)c2)c(C)o1. The Balaban J connectivity index is 1.90. The van der Waals surface area contributed by atoms with E-state index in [0.717, 1.165) is 22.6 Å². The van der Waals surface area contributed by atoms with E-state index in [1.165, 1.54) is 24.8 Å². The van der Waals surface area contributed by atoms with Crippen LogP contribution in [0.1, 0.15) is 59.5 Å². The number of aliphatic hydroxyl groups excluding tert-OH is 1. The molecule has 0 bridgehead atoms. The monoisotopic (exact) mass is 256 g/mol. The normalized spacial score (nSPS) is 17.2. The summed E-state index contributed by atoms with van der Waals surface area (Å²) < 4.78 is 5.51. The van der Waals surface area contributed by atoms with Crippen LogP contribution in [0.15, 0.2) is 34.7 Å². The molecule has 1 aromatic heterocycles. The second-order valence-electron chi connectivity index (χ2n) is 5.57. The standard InChI is InChI=1S/C17H20O2/c1-11-9-16(12(2)19-11)17(18)15-8-4-7-14(10-15)13-5-3-6-13/h4,7-10,13,17-18H,3,5-6H2,1-2H3. The lowest BCUT2D eigenvalue weighted by atomic mass is 9.79. The molecule has 0 radical (unpaired) electrons. The van der Waals surface area contributed by atoms with Gasteiger partial charge in [-0.1, -0.05) is 30.7 Å². The van der Waals surface area contributed by atoms with Gasteiger partial charge >= 0.3 is 0 Å². The van der Waals surface area contributed by atoms with E-state index in [1.54, 1.807) is 0 Å². The van der Waals surface area contributed by atoms with Crippen molar-refractivity contribution in [3.63, 3.8) is 0 Å². The second-order valence-corrected chi connectivity index (χ2v) is 5.57. The van der Waals surface area contributed by atoms with E-state index in [0.29, 0.717) is 5.92 Å². The minimum atomic E-state index is -0.586. The van der Waals surface area contributed by atoms with Crippen molar-refractivity contribution in [3.05, 3.63) is 58.5 Å². The van der Waals surface area contributed by atoms with Crippen LogP contribution in [0.5, 0.6) is 0 Å². The molecule has 1 N–H and O–H groups in total. The Kier molecular flexibility index (Phi) is 3.19. The number of hydrogen-bond donors (Lipinski definition) is 1. The molecule has 1 atom stereocenters. The van der Waals surface area contributed by atoms with Gasteiger partial charge in [-0.25, -0.2) is 0 Å². The summed E-state index contributed by atoms with van der Waals surface area (Å²) in [6.07, 6.45) is 3.31. The van der Waals surface area contributed by atoms with Crippen LogP contribution in [0, 0.1) is 13.8 Å². The Hall–Kier alpha value is -1.54. The predicted molar refractivity (Wildman–Crippen MR) is 75.3 cm³/mol. The largest absolute Gasteiger partial charge is 0.466 e. The van der Waals surface area contributed by atoms with Gasteiger partial charge in [0.05, 0.1) is 0 Å². The molecule has 1 aliphatic rings. The lowest BCUT2D eigenvalue weighted by molar-refractivity contribution is 0.217. The average Bonchev–Trinajstić information content (AvgIpc) is 2.66. The Morgan fingerprint density at radius 3 is 2.58 bits per heavy atom. The van der Waals surface area contributed by atoms with Crippen LogP contribution in [0.3, 0.4) is 0 Å². The van der Waals surface area contributed by atoms with Gasteiger partial charge in [-0.3, -0.25) is 0 Å². The van der Waals surface area contributed by atoms with Crippen LogP contribution in [-0.4, -0.2) is 5.11 Å². The van der Waals surface area contributed by atoms with E-state index in [-0.39, 0.29) is 0 Å². The number of furan rings is 1. The summed E-state index contributed by atoms with van der Waals surface area (Å²) in [5, 5.41) is 10.5. The van der Waals surface area contributed by atoms with Gasteiger partial charge in [-0.2, -0.15) is 0 Å². The van der Waals surface area contributed by atoms with Crippen molar-refractivity contribution in [2.24, 2.45) is 0 Å². The van der Waals surface area contributed by atoms with E-state index >= 15 is 0 Å². The Morgan fingerprint density at radius 1 is 1.21 bits per heavy atom. The maximum atomic E-state index is 10.5. The van der Waals surface area contributed by atoms with Crippen LogP contribution >= 0.6 is 0 Å². The fourth-order valence-electron chi connectivity index (χ4n) is 2.83.